The van der Waals surface area contributed by atoms with Gasteiger partial charge in [0.15, 0.2) is 11.5 Å². The molecule has 0 saturated carbocycles. The van der Waals surface area contributed by atoms with E-state index < -0.39 is 10.0 Å². The monoisotopic (exact) mass is 461 g/mol. The molecule has 2 aromatic heterocycles. The highest BCUT2D eigenvalue weighted by molar-refractivity contribution is 7.92. The maximum atomic E-state index is 13.4. The minimum absolute atomic E-state index is 0.0394. The summed E-state index contributed by atoms with van der Waals surface area (Å²) in [6.07, 6.45) is 3.50. The summed E-state index contributed by atoms with van der Waals surface area (Å²) < 4.78 is 30.3. The molecule has 9 heteroatoms. The van der Waals surface area contributed by atoms with E-state index in [-0.39, 0.29) is 16.8 Å². The Morgan fingerprint density at radius 2 is 1.85 bits per heavy atom. The zero-order chi connectivity index (χ0) is 23.0. The summed E-state index contributed by atoms with van der Waals surface area (Å²) in [6, 6.07) is 18.7. The van der Waals surface area contributed by atoms with Gasteiger partial charge in [0.05, 0.1) is 10.9 Å². The Morgan fingerprint density at radius 3 is 2.67 bits per heavy atom. The van der Waals surface area contributed by atoms with Gasteiger partial charge in [0, 0.05) is 24.0 Å². The summed E-state index contributed by atoms with van der Waals surface area (Å²) >= 11 is 0. The second-order valence-electron chi connectivity index (χ2n) is 8.14. The fraction of sp³-hybridized carbons (Fsp3) is 0.208. The number of hydrogen-bond acceptors (Lipinski definition) is 5. The lowest BCUT2D eigenvalue weighted by atomic mass is 10.1. The van der Waals surface area contributed by atoms with E-state index in [9.17, 15) is 13.2 Å². The molecule has 1 unspecified atom stereocenters. The number of fused-ring (bicyclic) bond motifs is 1. The summed E-state index contributed by atoms with van der Waals surface area (Å²) in [5, 5.41) is 8.54. The average molecular weight is 462 g/mol. The van der Waals surface area contributed by atoms with E-state index in [0.29, 0.717) is 23.6 Å². The number of aromatic nitrogens is 3. The summed E-state index contributed by atoms with van der Waals surface area (Å²) in [4.78, 5) is 15.2. The minimum atomic E-state index is -3.84. The number of carbonyl (C=O) groups excluding carboxylic acids is 1. The first-order chi connectivity index (χ1) is 15.9. The lowest BCUT2D eigenvalue weighted by Crippen LogP contribution is -2.31. The van der Waals surface area contributed by atoms with Crippen LogP contribution in [0.25, 0.3) is 5.65 Å². The van der Waals surface area contributed by atoms with Gasteiger partial charge in [-0.15, -0.1) is 10.2 Å². The van der Waals surface area contributed by atoms with Crippen LogP contribution in [-0.2, 0) is 10.0 Å². The van der Waals surface area contributed by atoms with Crippen molar-refractivity contribution in [3.05, 3.63) is 89.9 Å². The fourth-order valence-electron chi connectivity index (χ4n) is 4.16. The highest BCUT2D eigenvalue weighted by atomic mass is 32.2. The van der Waals surface area contributed by atoms with Crippen molar-refractivity contribution < 1.29 is 13.2 Å². The van der Waals surface area contributed by atoms with Crippen molar-refractivity contribution in [1.82, 2.24) is 19.5 Å². The lowest BCUT2D eigenvalue weighted by molar-refractivity contribution is 0.0729. The summed E-state index contributed by atoms with van der Waals surface area (Å²) in [5.41, 5.74) is 2.55. The van der Waals surface area contributed by atoms with Gasteiger partial charge in [0.2, 0.25) is 0 Å². The highest BCUT2D eigenvalue weighted by Gasteiger charge is 2.34. The standard InChI is InChI=1S/C24H23N5O3S/c1-17-10-12-19(13-11-17)27-33(31,32)20-7-4-6-18(16-20)24(30)28-15-5-8-21(28)23-26-25-22-9-2-3-14-29(22)23/h2-4,6-7,9-14,16,21,27H,5,8,15H2,1H3. The van der Waals surface area contributed by atoms with Crippen LogP contribution in [-0.4, -0.2) is 40.4 Å². The van der Waals surface area contributed by atoms with Gasteiger partial charge in [-0.3, -0.25) is 13.9 Å². The van der Waals surface area contributed by atoms with Crippen LogP contribution in [0.1, 0.15) is 40.6 Å². The number of anilines is 1. The highest BCUT2D eigenvalue weighted by Crippen LogP contribution is 2.32. The van der Waals surface area contributed by atoms with Gasteiger partial charge in [-0.2, -0.15) is 0 Å². The zero-order valence-electron chi connectivity index (χ0n) is 18.0. The number of amides is 1. The van der Waals surface area contributed by atoms with Crippen molar-refractivity contribution in [3.63, 3.8) is 0 Å². The van der Waals surface area contributed by atoms with Crippen molar-refractivity contribution in [2.75, 3.05) is 11.3 Å². The number of nitrogens with zero attached hydrogens (tertiary/aromatic N) is 4. The van der Waals surface area contributed by atoms with E-state index in [0.717, 1.165) is 24.1 Å². The Bertz CT molecular complexity index is 1430. The Labute approximate surface area is 191 Å². The molecule has 168 valence electrons. The van der Waals surface area contributed by atoms with Gasteiger partial charge in [0.1, 0.15) is 0 Å². The predicted octanol–water partition coefficient (Wildman–Crippen LogP) is 3.82. The van der Waals surface area contributed by atoms with Crippen LogP contribution in [0, 0.1) is 6.92 Å². The number of likely N-dealkylation sites (tertiary alicyclic amines) is 1. The molecule has 2 aromatic carbocycles. The van der Waals surface area contributed by atoms with Crippen LogP contribution in [0.4, 0.5) is 5.69 Å². The maximum Gasteiger partial charge on any atom is 0.261 e. The van der Waals surface area contributed by atoms with Gasteiger partial charge < -0.3 is 4.90 Å². The number of sulfonamides is 1. The van der Waals surface area contributed by atoms with Gasteiger partial charge in [-0.1, -0.05) is 29.8 Å². The fourth-order valence-corrected chi connectivity index (χ4v) is 5.27. The molecular formula is C24H23N5O3S. The lowest BCUT2D eigenvalue weighted by Gasteiger charge is -2.23. The third-order valence-electron chi connectivity index (χ3n) is 5.85. The topological polar surface area (TPSA) is 96.7 Å². The number of hydrogen-bond donors (Lipinski definition) is 1. The molecular weight excluding hydrogens is 438 g/mol. The number of benzene rings is 2. The molecule has 33 heavy (non-hydrogen) atoms. The number of pyridine rings is 1. The SMILES string of the molecule is Cc1ccc(NS(=O)(=O)c2cccc(C(=O)N3CCCC3c3nnc4ccccn34)c2)cc1. The number of rotatable bonds is 5. The van der Waals surface area contributed by atoms with Gasteiger partial charge >= 0.3 is 0 Å². The molecule has 1 atom stereocenters. The van der Waals surface area contributed by atoms with Gasteiger partial charge in [0.25, 0.3) is 15.9 Å². The Morgan fingerprint density at radius 1 is 1.03 bits per heavy atom. The molecule has 1 aliphatic rings. The maximum absolute atomic E-state index is 13.4. The second-order valence-corrected chi connectivity index (χ2v) is 9.83. The molecule has 3 heterocycles. The number of aryl methyl sites for hydroxylation is 1. The van der Waals surface area contributed by atoms with E-state index in [1.807, 2.05) is 47.9 Å². The predicted molar refractivity (Wildman–Crippen MR) is 124 cm³/mol. The van der Waals surface area contributed by atoms with Crippen molar-refractivity contribution in [2.24, 2.45) is 0 Å². The van der Waals surface area contributed by atoms with E-state index in [2.05, 4.69) is 14.9 Å². The first-order valence-corrected chi connectivity index (χ1v) is 12.2. The molecule has 8 nitrogen and oxygen atoms in total. The largest absolute Gasteiger partial charge is 0.328 e. The molecule has 1 fully saturated rings. The molecule has 0 spiro atoms. The molecule has 5 rings (SSSR count). The smallest absolute Gasteiger partial charge is 0.261 e. The van der Waals surface area contributed by atoms with Crippen LogP contribution in [0.2, 0.25) is 0 Å². The Balaban J connectivity index is 1.42. The quantitative estimate of drug-likeness (QED) is 0.487. The van der Waals surface area contributed by atoms with Gasteiger partial charge in [-0.05, 0) is 62.2 Å². The number of nitrogens with one attached hydrogen (secondary N) is 1. The zero-order valence-corrected chi connectivity index (χ0v) is 18.9. The summed E-state index contributed by atoms with van der Waals surface area (Å²) in [5.74, 6) is 0.485. The Hall–Kier alpha value is -3.72. The van der Waals surface area contributed by atoms with Crippen molar-refractivity contribution >= 4 is 27.3 Å². The Kier molecular flexibility index (Phi) is 5.33. The van der Waals surface area contributed by atoms with Crippen LogP contribution >= 0.6 is 0 Å². The van der Waals surface area contributed by atoms with Crippen molar-refractivity contribution in [2.45, 2.75) is 30.7 Å². The molecule has 1 amide bonds. The normalized spacial score (nSPS) is 16.3. The second kappa shape index (κ2) is 8.32. The van der Waals surface area contributed by atoms with Gasteiger partial charge in [-0.25, -0.2) is 8.42 Å². The van der Waals surface area contributed by atoms with E-state index in [1.54, 1.807) is 29.2 Å². The van der Waals surface area contributed by atoms with Crippen molar-refractivity contribution in [3.8, 4) is 0 Å². The van der Waals surface area contributed by atoms with E-state index in [1.165, 1.54) is 12.1 Å². The molecule has 0 bridgehead atoms. The molecule has 1 aliphatic heterocycles. The molecule has 1 saturated heterocycles. The van der Waals surface area contributed by atoms with Crippen LogP contribution in [0.3, 0.4) is 0 Å². The van der Waals surface area contributed by atoms with E-state index in [4.69, 9.17) is 0 Å². The molecule has 4 aromatic rings. The molecule has 0 radical (unpaired) electrons. The van der Waals surface area contributed by atoms with Crippen LogP contribution in [0.15, 0.2) is 77.8 Å². The summed E-state index contributed by atoms with van der Waals surface area (Å²) in [6.45, 7) is 2.51. The summed E-state index contributed by atoms with van der Waals surface area (Å²) in [7, 11) is -3.84. The molecule has 0 aliphatic carbocycles. The van der Waals surface area contributed by atoms with Crippen molar-refractivity contribution in [1.29, 1.82) is 0 Å². The third-order valence-corrected chi connectivity index (χ3v) is 7.23. The third kappa shape index (κ3) is 4.07. The van der Waals surface area contributed by atoms with E-state index >= 15 is 0 Å². The first-order valence-electron chi connectivity index (χ1n) is 10.7. The van der Waals surface area contributed by atoms with Crippen LogP contribution in [0.5, 0.6) is 0 Å². The average Bonchev–Trinajstić information content (AvgIpc) is 3.47. The van der Waals surface area contributed by atoms with Crippen LogP contribution < -0.4 is 4.72 Å². The molecule has 1 N–H and O–H groups in total. The number of carbonyl (C=O) groups is 1. The first kappa shape index (κ1) is 21.1. The minimum Gasteiger partial charge on any atom is -0.328 e.